The van der Waals surface area contributed by atoms with E-state index in [0.717, 1.165) is 5.56 Å². The standard InChI is InChI=1S/C15H18FN3/c1-15(2,3)13-12(16)14(19-10-18-13)17-9-11-7-5-4-6-8-11/h4-8,10H,9H2,1-3H3,(H,17,18,19). The molecule has 0 saturated heterocycles. The summed E-state index contributed by atoms with van der Waals surface area (Å²) in [6.07, 6.45) is 1.40. The SMILES string of the molecule is CC(C)(C)c1ncnc(NCc2ccccc2)c1F. The second kappa shape index (κ2) is 5.34. The lowest BCUT2D eigenvalue weighted by Crippen LogP contribution is -2.18. The van der Waals surface area contributed by atoms with Gasteiger partial charge >= 0.3 is 0 Å². The van der Waals surface area contributed by atoms with Crippen LogP contribution < -0.4 is 5.32 Å². The highest BCUT2D eigenvalue weighted by molar-refractivity contribution is 5.40. The van der Waals surface area contributed by atoms with Crippen molar-refractivity contribution >= 4 is 5.82 Å². The second-order valence-electron chi connectivity index (χ2n) is 5.47. The molecule has 0 aliphatic carbocycles. The minimum Gasteiger partial charge on any atom is -0.363 e. The zero-order valence-electron chi connectivity index (χ0n) is 11.4. The van der Waals surface area contributed by atoms with E-state index in [1.165, 1.54) is 6.33 Å². The second-order valence-corrected chi connectivity index (χ2v) is 5.47. The van der Waals surface area contributed by atoms with Crippen molar-refractivity contribution in [2.24, 2.45) is 0 Å². The van der Waals surface area contributed by atoms with Gasteiger partial charge < -0.3 is 5.32 Å². The zero-order chi connectivity index (χ0) is 13.9. The summed E-state index contributed by atoms with van der Waals surface area (Å²) in [5, 5.41) is 3.02. The smallest absolute Gasteiger partial charge is 0.187 e. The van der Waals surface area contributed by atoms with Crippen LogP contribution in [-0.2, 0) is 12.0 Å². The van der Waals surface area contributed by atoms with Crippen LogP contribution in [0.3, 0.4) is 0 Å². The van der Waals surface area contributed by atoms with Gasteiger partial charge in [-0.05, 0) is 5.56 Å². The molecule has 1 aromatic heterocycles. The van der Waals surface area contributed by atoms with Crippen LogP contribution in [0.25, 0.3) is 0 Å². The summed E-state index contributed by atoms with van der Waals surface area (Å²) in [5.74, 6) is -0.116. The number of aromatic nitrogens is 2. The van der Waals surface area contributed by atoms with Crippen molar-refractivity contribution in [3.63, 3.8) is 0 Å². The third-order valence-electron chi connectivity index (χ3n) is 2.80. The van der Waals surface area contributed by atoms with E-state index >= 15 is 0 Å². The van der Waals surface area contributed by atoms with E-state index in [4.69, 9.17) is 0 Å². The summed E-state index contributed by atoms with van der Waals surface area (Å²) in [6, 6.07) is 9.82. The summed E-state index contributed by atoms with van der Waals surface area (Å²) in [7, 11) is 0. The van der Waals surface area contributed by atoms with Crippen LogP contribution in [0.4, 0.5) is 10.2 Å². The lowest BCUT2D eigenvalue weighted by atomic mass is 9.91. The van der Waals surface area contributed by atoms with Gasteiger partial charge in [-0.25, -0.2) is 14.4 Å². The Morgan fingerprint density at radius 3 is 2.42 bits per heavy atom. The molecule has 1 N–H and O–H groups in total. The quantitative estimate of drug-likeness (QED) is 0.916. The molecule has 4 heteroatoms. The van der Waals surface area contributed by atoms with Gasteiger partial charge in [-0.1, -0.05) is 51.1 Å². The molecule has 0 spiro atoms. The molecule has 1 heterocycles. The van der Waals surface area contributed by atoms with Gasteiger partial charge in [0.15, 0.2) is 11.6 Å². The molecule has 0 saturated carbocycles. The average Bonchev–Trinajstić information content (AvgIpc) is 2.37. The largest absolute Gasteiger partial charge is 0.363 e. The van der Waals surface area contributed by atoms with Gasteiger partial charge in [0.25, 0.3) is 0 Å². The molecule has 0 unspecified atom stereocenters. The predicted molar refractivity (Wildman–Crippen MR) is 74.5 cm³/mol. The van der Waals surface area contributed by atoms with E-state index in [9.17, 15) is 4.39 Å². The number of nitrogens with zero attached hydrogens (tertiary/aromatic N) is 2. The van der Waals surface area contributed by atoms with Crippen LogP contribution >= 0.6 is 0 Å². The third-order valence-corrected chi connectivity index (χ3v) is 2.80. The molecule has 0 aliphatic rings. The van der Waals surface area contributed by atoms with E-state index < -0.39 is 0 Å². The topological polar surface area (TPSA) is 37.8 Å². The maximum absolute atomic E-state index is 14.3. The van der Waals surface area contributed by atoms with Gasteiger partial charge in [0.2, 0.25) is 0 Å². The summed E-state index contributed by atoms with van der Waals surface area (Å²) < 4.78 is 14.3. The average molecular weight is 259 g/mol. The molecule has 0 bridgehead atoms. The molecule has 2 rings (SSSR count). The summed E-state index contributed by atoms with van der Waals surface area (Å²) >= 11 is 0. The van der Waals surface area contributed by atoms with Gasteiger partial charge in [0, 0.05) is 12.0 Å². The van der Waals surface area contributed by atoms with Crippen LogP contribution in [0.1, 0.15) is 32.0 Å². The van der Waals surface area contributed by atoms with Crippen molar-refractivity contribution in [2.45, 2.75) is 32.7 Å². The van der Waals surface area contributed by atoms with E-state index in [0.29, 0.717) is 12.2 Å². The third kappa shape index (κ3) is 3.28. The Morgan fingerprint density at radius 2 is 1.79 bits per heavy atom. The Bertz CT molecular complexity index is 547. The summed E-state index contributed by atoms with van der Waals surface area (Å²) in [4.78, 5) is 8.01. The highest BCUT2D eigenvalue weighted by atomic mass is 19.1. The maximum Gasteiger partial charge on any atom is 0.187 e. The van der Waals surface area contributed by atoms with Crippen molar-refractivity contribution in [3.8, 4) is 0 Å². The first-order valence-electron chi connectivity index (χ1n) is 6.27. The highest BCUT2D eigenvalue weighted by Crippen LogP contribution is 2.25. The molecular weight excluding hydrogens is 241 g/mol. The lowest BCUT2D eigenvalue weighted by Gasteiger charge is -2.19. The van der Waals surface area contributed by atoms with Crippen molar-refractivity contribution in [1.29, 1.82) is 0 Å². The van der Waals surface area contributed by atoms with E-state index in [1.54, 1.807) is 0 Å². The fourth-order valence-electron chi connectivity index (χ4n) is 1.80. The number of nitrogens with one attached hydrogen (secondary N) is 1. The van der Waals surface area contributed by atoms with Crippen LogP contribution in [0.2, 0.25) is 0 Å². The number of hydrogen-bond donors (Lipinski definition) is 1. The molecule has 3 nitrogen and oxygen atoms in total. The fraction of sp³-hybridized carbons (Fsp3) is 0.333. The van der Waals surface area contributed by atoms with E-state index in [1.807, 2.05) is 51.1 Å². The Morgan fingerprint density at radius 1 is 1.11 bits per heavy atom. The highest BCUT2D eigenvalue weighted by Gasteiger charge is 2.22. The molecule has 0 aliphatic heterocycles. The number of anilines is 1. The summed E-state index contributed by atoms with van der Waals surface area (Å²) in [6.45, 7) is 6.33. The van der Waals surface area contributed by atoms with Crippen molar-refractivity contribution < 1.29 is 4.39 Å². The van der Waals surface area contributed by atoms with Crippen LogP contribution in [-0.4, -0.2) is 9.97 Å². The first-order valence-corrected chi connectivity index (χ1v) is 6.27. The van der Waals surface area contributed by atoms with Crippen molar-refractivity contribution in [2.75, 3.05) is 5.32 Å². The Kier molecular flexibility index (Phi) is 3.79. The lowest BCUT2D eigenvalue weighted by molar-refractivity contribution is 0.500. The summed E-state index contributed by atoms with van der Waals surface area (Å²) in [5.41, 5.74) is 1.17. The van der Waals surface area contributed by atoms with Gasteiger partial charge in [-0.15, -0.1) is 0 Å². The number of halogens is 1. The van der Waals surface area contributed by atoms with Crippen molar-refractivity contribution in [1.82, 2.24) is 9.97 Å². The monoisotopic (exact) mass is 259 g/mol. The van der Waals surface area contributed by atoms with Crippen LogP contribution in [0.15, 0.2) is 36.7 Å². The minimum absolute atomic E-state index is 0.253. The first kappa shape index (κ1) is 13.5. The van der Waals surface area contributed by atoms with Crippen LogP contribution in [0, 0.1) is 5.82 Å². The van der Waals surface area contributed by atoms with Crippen LogP contribution in [0.5, 0.6) is 0 Å². The van der Waals surface area contributed by atoms with Gasteiger partial charge in [0.05, 0.1) is 5.69 Å². The Balaban J connectivity index is 2.18. The normalized spacial score (nSPS) is 11.4. The maximum atomic E-state index is 14.3. The number of rotatable bonds is 3. The van der Waals surface area contributed by atoms with Gasteiger partial charge in [-0.3, -0.25) is 0 Å². The molecule has 0 atom stereocenters. The number of benzene rings is 1. The van der Waals surface area contributed by atoms with Crippen molar-refractivity contribution in [3.05, 3.63) is 53.7 Å². The fourth-order valence-corrected chi connectivity index (χ4v) is 1.80. The molecule has 2 aromatic rings. The molecule has 1 aromatic carbocycles. The Labute approximate surface area is 112 Å². The zero-order valence-corrected chi connectivity index (χ0v) is 11.4. The molecule has 0 amide bonds. The first-order chi connectivity index (χ1) is 8.98. The van der Waals surface area contributed by atoms with Gasteiger partial charge in [0.1, 0.15) is 6.33 Å². The molecular formula is C15H18FN3. The molecule has 100 valence electrons. The molecule has 19 heavy (non-hydrogen) atoms. The number of hydrogen-bond acceptors (Lipinski definition) is 3. The van der Waals surface area contributed by atoms with E-state index in [-0.39, 0.29) is 17.1 Å². The predicted octanol–water partition coefficient (Wildman–Crippen LogP) is 3.53. The van der Waals surface area contributed by atoms with E-state index in [2.05, 4.69) is 15.3 Å². The minimum atomic E-state index is -0.370. The van der Waals surface area contributed by atoms with Gasteiger partial charge in [-0.2, -0.15) is 0 Å². The molecule has 0 fully saturated rings. The Hall–Kier alpha value is -1.97. The molecule has 0 radical (unpaired) electrons.